The SMILES string of the molecule is CCCC(C)(NC(=O)N(C)C(C)CSC)C(=O)O. The molecule has 5 nitrogen and oxygen atoms in total. The molecule has 0 heterocycles. The van der Waals surface area contributed by atoms with Crippen LogP contribution in [-0.4, -0.2) is 52.6 Å². The number of aliphatic carboxylic acids is 1. The van der Waals surface area contributed by atoms with Gasteiger partial charge in [-0.05, 0) is 26.5 Å². The van der Waals surface area contributed by atoms with Crippen molar-refractivity contribution in [1.29, 1.82) is 0 Å². The fourth-order valence-electron chi connectivity index (χ4n) is 1.60. The van der Waals surface area contributed by atoms with Crippen LogP contribution in [0.1, 0.15) is 33.6 Å². The molecule has 0 aromatic heterocycles. The smallest absolute Gasteiger partial charge is 0.329 e. The van der Waals surface area contributed by atoms with Crippen molar-refractivity contribution < 1.29 is 14.7 Å². The zero-order chi connectivity index (χ0) is 14.3. The number of nitrogens with zero attached hydrogens (tertiary/aromatic N) is 1. The van der Waals surface area contributed by atoms with E-state index in [0.717, 1.165) is 5.75 Å². The van der Waals surface area contributed by atoms with E-state index >= 15 is 0 Å². The highest BCUT2D eigenvalue weighted by Gasteiger charge is 2.35. The van der Waals surface area contributed by atoms with Gasteiger partial charge in [0.05, 0.1) is 0 Å². The number of nitrogens with one attached hydrogen (secondary N) is 1. The van der Waals surface area contributed by atoms with E-state index in [9.17, 15) is 14.7 Å². The summed E-state index contributed by atoms with van der Waals surface area (Å²) in [5.74, 6) is -0.176. The number of carboxylic acids is 1. The third-order valence-electron chi connectivity index (χ3n) is 2.99. The minimum atomic E-state index is -1.20. The van der Waals surface area contributed by atoms with E-state index in [-0.39, 0.29) is 12.1 Å². The molecular formula is C12H24N2O3S. The minimum absolute atomic E-state index is 0.0691. The first-order valence-electron chi connectivity index (χ1n) is 6.05. The average molecular weight is 276 g/mol. The molecule has 0 aliphatic carbocycles. The van der Waals surface area contributed by atoms with Crippen molar-refractivity contribution in [2.45, 2.75) is 45.2 Å². The molecule has 0 saturated heterocycles. The summed E-state index contributed by atoms with van der Waals surface area (Å²) in [7, 11) is 1.68. The topological polar surface area (TPSA) is 69.6 Å². The van der Waals surface area contributed by atoms with E-state index in [2.05, 4.69) is 5.32 Å². The molecule has 0 aliphatic heterocycles. The molecule has 106 valence electrons. The van der Waals surface area contributed by atoms with Crippen LogP contribution >= 0.6 is 11.8 Å². The maximum Gasteiger partial charge on any atom is 0.329 e. The number of rotatable bonds is 7. The number of thioether (sulfide) groups is 1. The molecule has 2 unspecified atom stereocenters. The van der Waals surface area contributed by atoms with Crippen molar-refractivity contribution in [3.8, 4) is 0 Å². The molecule has 2 amide bonds. The maximum atomic E-state index is 12.0. The lowest BCUT2D eigenvalue weighted by atomic mass is 9.96. The van der Waals surface area contributed by atoms with E-state index in [0.29, 0.717) is 12.8 Å². The zero-order valence-corrected chi connectivity index (χ0v) is 12.6. The molecule has 0 spiro atoms. The first-order chi connectivity index (χ1) is 8.28. The number of hydrogen-bond donors (Lipinski definition) is 2. The van der Waals surface area contributed by atoms with Crippen LogP contribution in [-0.2, 0) is 4.79 Å². The lowest BCUT2D eigenvalue weighted by Gasteiger charge is -2.31. The predicted molar refractivity (Wildman–Crippen MR) is 75.1 cm³/mol. The summed E-state index contributed by atoms with van der Waals surface area (Å²) in [6.07, 6.45) is 3.09. The van der Waals surface area contributed by atoms with E-state index < -0.39 is 11.5 Å². The summed E-state index contributed by atoms with van der Waals surface area (Å²) in [5, 5.41) is 11.8. The molecule has 6 heteroatoms. The Hall–Kier alpha value is -0.910. The van der Waals surface area contributed by atoms with Crippen molar-refractivity contribution >= 4 is 23.8 Å². The van der Waals surface area contributed by atoms with Crippen LogP contribution in [0.15, 0.2) is 0 Å². The van der Waals surface area contributed by atoms with Crippen molar-refractivity contribution in [2.75, 3.05) is 19.1 Å². The van der Waals surface area contributed by atoms with Crippen LogP contribution < -0.4 is 5.32 Å². The molecule has 0 aromatic rings. The third kappa shape index (κ3) is 4.76. The maximum absolute atomic E-state index is 12.0. The van der Waals surface area contributed by atoms with Crippen molar-refractivity contribution in [2.24, 2.45) is 0 Å². The first kappa shape index (κ1) is 17.1. The molecule has 0 rings (SSSR count). The molecule has 0 aliphatic rings. The summed E-state index contributed by atoms with van der Waals surface area (Å²) in [5.41, 5.74) is -1.20. The van der Waals surface area contributed by atoms with Crippen LogP contribution in [0, 0.1) is 0 Å². The second kappa shape index (κ2) is 7.51. The highest BCUT2D eigenvalue weighted by Crippen LogP contribution is 2.14. The van der Waals surface area contributed by atoms with Gasteiger partial charge in [-0.15, -0.1) is 0 Å². The number of amides is 2. The summed E-state index contributed by atoms with van der Waals surface area (Å²) < 4.78 is 0. The Morgan fingerprint density at radius 3 is 2.44 bits per heavy atom. The van der Waals surface area contributed by atoms with Gasteiger partial charge in [0.2, 0.25) is 0 Å². The van der Waals surface area contributed by atoms with Crippen molar-refractivity contribution in [1.82, 2.24) is 10.2 Å². The normalized spacial score (nSPS) is 15.6. The van der Waals surface area contributed by atoms with Gasteiger partial charge in [0.15, 0.2) is 0 Å². The lowest BCUT2D eigenvalue weighted by Crippen LogP contribution is -2.56. The quantitative estimate of drug-likeness (QED) is 0.746. The van der Waals surface area contributed by atoms with Crippen LogP contribution in [0.3, 0.4) is 0 Å². The monoisotopic (exact) mass is 276 g/mol. The van der Waals surface area contributed by atoms with Gasteiger partial charge < -0.3 is 15.3 Å². The second-order valence-electron chi connectivity index (χ2n) is 4.73. The van der Waals surface area contributed by atoms with Gasteiger partial charge in [0, 0.05) is 18.8 Å². The first-order valence-corrected chi connectivity index (χ1v) is 7.45. The molecule has 0 aromatic carbocycles. The number of urea groups is 1. The minimum Gasteiger partial charge on any atom is -0.480 e. The Labute approximate surface area is 113 Å². The van der Waals surface area contributed by atoms with Gasteiger partial charge in [-0.25, -0.2) is 9.59 Å². The van der Waals surface area contributed by atoms with Gasteiger partial charge in [0.1, 0.15) is 5.54 Å². The number of hydrogen-bond acceptors (Lipinski definition) is 3. The fraction of sp³-hybridized carbons (Fsp3) is 0.833. The van der Waals surface area contributed by atoms with Gasteiger partial charge in [0.25, 0.3) is 0 Å². The van der Waals surface area contributed by atoms with E-state index in [1.807, 2.05) is 20.1 Å². The summed E-state index contributed by atoms with van der Waals surface area (Å²) in [6, 6.07) is -0.269. The Morgan fingerprint density at radius 2 is 2.06 bits per heavy atom. The van der Waals surface area contributed by atoms with Crippen LogP contribution in [0.2, 0.25) is 0 Å². The van der Waals surface area contributed by atoms with Gasteiger partial charge >= 0.3 is 12.0 Å². The molecule has 18 heavy (non-hydrogen) atoms. The van der Waals surface area contributed by atoms with Crippen LogP contribution in [0.25, 0.3) is 0 Å². The number of carbonyl (C=O) groups is 2. The van der Waals surface area contributed by atoms with E-state index in [1.165, 1.54) is 0 Å². The van der Waals surface area contributed by atoms with E-state index in [4.69, 9.17) is 0 Å². The predicted octanol–water partition coefficient (Wildman–Crippen LogP) is 2.02. The fourth-order valence-corrected chi connectivity index (χ4v) is 2.31. The van der Waals surface area contributed by atoms with Gasteiger partial charge in [-0.1, -0.05) is 13.3 Å². The Balaban J connectivity index is 4.65. The lowest BCUT2D eigenvalue weighted by molar-refractivity contribution is -0.144. The Bertz CT molecular complexity index is 299. The molecule has 2 atom stereocenters. The molecule has 0 bridgehead atoms. The standard InChI is InChI=1S/C12H24N2O3S/c1-6-7-12(3,10(15)16)13-11(17)14(4)9(2)8-18-5/h9H,6-8H2,1-5H3,(H,13,17)(H,15,16). The molecule has 0 radical (unpaired) electrons. The zero-order valence-electron chi connectivity index (χ0n) is 11.8. The number of carboxylic acid groups (broad SMARTS) is 1. The third-order valence-corrected chi connectivity index (χ3v) is 3.81. The molecule has 2 N–H and O–H groups in total. The Morgan fingerprint density at radius 1 is 1.50 bits per heavy atom. The molecule has 0 saturated carbocycles. The van der Waals surface area contributed by atoms with Crippen molar-refractivity contribution in [3.63, 3.8) is 0 Å². The second-order valence-corrected chi connectivity index (χ2v) is 5.64. The molecule has 0 fully saturated rings. The van der Waals surface area contributed by atoms with Crippen LogP contribution in [0.5, 0.6) is 0 Å². The Kier molecular flexibility index (Phi) is 7.13. The summed E-state index contributed by atoms with van der Waals surface area (Å²) in [4.78, 5) is 24.8. The summed E-state index contributed by atoms with van der Waals surface area (Å²) in [6.45, 7) is 5.38. The molecular weight excluding hydrogens is 252 g/mol. The summed E-state index contributed by atoms with van der Waals surface area (Å²) >= 11 is 1.65. The highest BCUT2D eigenvalue weighted by atomic mass is 32.2. The van der Waals surface area contributed by atoms with Crippen LogP contribution in [0.4, 0.5) is 4.79 Å². The van der Waals surface area contributed by atoms with Crippen molar-refractivity contribution in [3.05, 3.63) is 0 Å². The number of carbonyl (C=O) groups excluding carboxylic acids is 1. The van der Waals surface area contributed by atoms with Gasteiger partial charge in [-0.3, -0.25) is 0 Å². The largest absolute Gasteiger partial charge is 0.480 e. The van der Waals surface area contributed by atoms with E-state index in [1.54, 1.807) is 30.6 Å². The highest BCUT2D eigenvalue weighted by molar-refractivity contribution is 7.98. The van der Waals surface area contributed by atoms with Gasteiger partial charge in [-0.2, -0.15) is 11.8 Å². The average Bonchev–Trinajstić information content (AvgIpc) is 2.28.